The highest BCUT2D eigenvalue weighted by Crippen LogP contribution is 2.36. The van der Waals surface area contributed by atoms with Crippen molar-refractivity contribution >= 4 is 23.4 Å². The lowest BCUT2D eigenvalue weighted by molar-refractivity contribution is 0.487. The first-order chi connectivity index (χ1) is 8.13. The van der Waals surface area contributed by atoms with Gasteiger partial charge in [-0.15, -0.1) is 0 Å². The quantitative estimate of drug-likeness (QED) is 0.858. The van der Waals surface area contributed by atoms with Crippen LogP contribution in [0.2, 0.25) is 5.15 Å². The van der Waals surface area contributed by atoms with Crippen molar-refractivity contribution in [2.75, 3.05) is 5.75 Å². The summed E-state index contributed by atoms with van der Waals surface area (Å²) in [4.78, 5) is 26.1. The minimum absolute atomic E-state index is 0.00784. The second-order valence-corrected chi connectivity index (χ2v) is 6.05. The van der Waals surface area contributed by atoms with Gasteiger partial charge in [0.2, 0.25) is 0 Å². The van der Waals surface area contributed by atoms with Crippen LogP contribution in [0.3, 0.4) is 0 Å². The van der Waals surface area contributed by atoms with Crippen molar-refractivity contribution in [2.45, 2.75) is 37.5 Å². The number of halogens is 1. The Kier molecular flexibility index (Phi) is 3.99. The summed E-state index contributed by atoms with van der Waals surface area (Å²) in [6, 6.07) is 1.28. The maximum absolute atomic E-state index is 11.8. The molecular weight excluding hydrogens is 260 g/mol. The van der Waals surface area contributed by atoms with Crippen LogP contribution in [0.25, 0.3) is 0 Å². The van der Waals surface area contributed by atoms with E-state index < -0.39 is 5.69 Å². The molecule has 94 valence electrons. The van der Waals surface area contributed by atoms with Gasteiger partial charge in [0.1, 0.15) is 5.15 Å². The summed E-state index contributed by atoms with van der Waals surface area (Å²) < 4.78 is 1.33. The Labute approximate surface area is 108 Å². The highest BCUT2D eigenvalue weighted by atomic mass is 35.5. The Hall–Kier alpha value is -0.680. The van der Waals surface area contributed by atoms with Crippen molar-refractivity contribution in [2.24, 2.45) is 0 Å². The number of nitrogens with one attached hydrogen (secondary N) is 1. The van der Waals surface area contributed by atoms with Crippen molar-refractivity contribution in [3.8, 4) is 0 Å². The second-order valence-electron chi connectivity index (χ2n) is 4.12. The molecule has 1 aromatic rings. The van der Waals surface area contributed by atoms with Crippen LogP contribution < -0.4 is 11.2 Å². The number of nitrogens with zero attached hydrogens (tertiary/aromatic N) is 1. The van der Waals surface area contributed by atoms with Crippen LogP contribution in [0.4, 0.5) is 0 Å². The van der Waals surface area contributed by atoms with Crippen LogP contribution >= 0.6 is 23.4 Å². The molecule has 1 aromatic heterocycles. The molecule has 1 heterocycles. The van der Waals surface area contributed by atoms with Crippen LogP contribution in [0.5, 0.6) is 0 Å². The van der Waals surface area contributed by atoms with Gasteiger partial charge in [0.25, 0.3) is 5.56 Å². The van der Waals surface area contributed by atoms with Gasteiger partial charge in [0.05, 0.1) is 6.04 Å². The van der Waals surface area contributed by atoms with Gasteiger partial charge in [-0.3, -0.25) is 14.3 Å². The number of aromatic nitrogens is 2. The molecule has 4 nitrogen and oxygen atoms in total. The molecule has 6 heteroatoms. The minimum Gasteiger partial charge on any atom is -0.298 e. The Morgan fingerprint density at radius 1 is 1.53 bits per heavy atom. The first-order valence-electron chi connectivity index (χ1n) is 5.76. The summed E-state index contributed by atoms with van der Waals surface area (Å²) >= 11 is 7.47. The average Bonchev–Trinajstić information content (AvgIpc) is 2.65. The van der Waals surface area contributed by atoms with Crippen molar-refractivity contribution in [1.82, 2.24) is 9.55 Å². The van der Waals surface area contributed by atoms with E-state index in [4.69, 9.17) is 11.6 Å². The molecule has 0 amide bonds. The minimum atomic E-state index is -0.392. The van der Waals surface area contributed by atoms with E-state index in [2.05, 4.69) is 11.9 Å². The van der Waals surface area contributed by atoms with Crippen LogP contribution in [-0.2, 0) is 0 Å². The largest absolute Gasteiger partial charge is 0.329 e. The standard InChI is InChI=1S/C11H15ClN2O2S/c1-2-17-8-5-3-4-7(8)14-10(15)6-9(12)13-11(14)16/h6-8H,2-5H2,1H3,(H,13,16). The number of hydrogen-bond acceptors (Lipinski definition) is 3. The third-order valence-electron chi connectivity index (χ3n) is 3.06. The van der Waals surface area contributed by atoms with Crippen LogP contribution in [0.15, 0.2) is 15.7 Å². The van der Waals surface area contributed by atoms with Gasteiger partial charge >= 0.3 is 5.69 Å². The van der Waals surface area contributed by atoms with E-state index in [0.717, 1.165) is 25.0 Å². The summed E-state index contributed by atoms with van der Waals surface area (Å²) in [6.07, 6.45) is 3.02. The Bertz CT molecular complexity index is 480. The Morgan fingerprint density at radius 2 is 2.29 bits per heavy atom. The third kappa shape index (κ3) is 2.60. The molecule has 2 atom stereocenters. The number of thioether (sulfide) groups is 1. The van der Waals surface area contributed by atoms with Gasteiger partial charge in [0, 0.05) is 11.3 Å². The van der Waals surface area contributed by atoms with E-state index in [1.807, 2.05) is 11.8 Å². The third-order valence-corrected chi connectivity index (χ3v) is 4.58. The van der Waals surface area contributed by atoms with Gasteiger partial charge in [-0.1, -0.05) is 24.9 Å². The van der Waals surface area contributed by atoms with E-state index in [0.29, 0.717) is 5.25 Å². The molecule has 0 radical (unpaired) electrons. The Balaban J connectivity index is 2.40. The molecule has 1 saturated carbocycles. The summed E-state index contributed by atoms with van der Waals surface area (Å²) in [5.74, 6) is 1.00. The Morgan fingerprint density at radius 3 is 2.94 bits per heavy atom. The molecule has 1 N–H and O–H groups in total. The monoisotopic (exact) mass is 274 g/mol. The lowest BCUT2D eigenvalue weighted by atomic mass is 10.2. The van der Waals surface area contributed by atoms with Crippen molar-refractivity contribution in [3.05, 3.63) is 32.1 Å². The van der Waals surface area contributed by atoms with Crippen molar-refractivity contribution < 1.29 is 0 Å². The molecule has 17 heavy (non-hydrogen) atoms. The molecule has 2 unspecified atom stereocenters. The summed E-state index contributed by atoms with van der Waals surface area (Å²) in [5.41, 5.74) is -0.691. The normalized spacial score (nSPS) is 24.1. The van der Waals surface area contributed by atoms with E-state index in [9.17, 15) is 9.59 Å². The smallest absolute Gasteiger partial charge is 0.298 e. The predicted molar refractivity (Wildman–Crippen MR) is 71.1 cm³/mol. The predicted octanol–water partition coefficient (Wildman–Crippen LogP) is 2.04. The molecule has 0 spiro atoms. The first kappa shape index (κ1) is 12.8. The maximum atomic E-state index is 11.8. The second kappa shape index (κ2) is 5.31. The molecule has 1 fully saturated rings. The molecule has 0 aromatic carbocycles. The molecule has 0 bridgehead atoms. The highest BCUT2D eigenvalue weighted by molar-refractivity contribution is 7.99. The fraction of sp³-hybridized carbons (Fsp3) is 0.636. The zero-order chi connectivity index (χ0) is 12.4. The summed E-state index contributed by atoms with van der Waals surface area (Å²) in [7, 11) is 0. The molecule has 0 saturated heterocycles. The fourth-order valence-corrected chi connectivity index (χ4v) is 3.82. The highest BCUT2D eigenvalue weighted by Gasteiger charge is 2.30. The topological polar surface area (TPSA) is 54.9 Å². The van der Waals surface area contributed by atoms with E-state index in [1.54, 1.807) is 0 Å². The molecular formula is C11H15ClN2O2S. The van der Waals surface area contributed by atoms with E-state index >= 15 is 0 Å². The summed E-state index contributed by atoms with van der Waals surface area (Å²) in [6.45, 7) is 2.09. The van der Waals surface area contributed by atoms with Crippen molar-refractivity contribution in [3.63, 3.8) is 0 Å². The molecule has 2 rings (SSSR count). The van der Waals surface area contributed by atoms with Gasteiger partial charge < -0.3 is 0 Å². The lowest BCUT2D eigenvalue weighted by Gasteiger charge is -2.19. The van der Waals surface area contributed by atoms with Gasteiger partial charge in [-0.25, -0.2) is 4.79 Å². The van der Waals surface area contributed by atoms with Crippen LogP contribution in [-0.4, -0.2) is 20.6 Å². The zero-order valence-electron chi connectivity index (χ0n) is 9.61. The molecule has 1 aliphatic carbocycles. The molecule has 1 aliphatic rings. The first-order valence-corrected chi connectivity index (χ1v) is 7.19. The maximum Gasteiger partial charge on any atom is 0.329 e. The fourth-order valence-electron chi connectivity index (χ4n) is 2.40. The average molecular weight is 275 g/mol. The van der Waals surface area contributed by atoms with Gasteiger partial charge in [0.15, 0.2) is 0 Å². The number of aromatic amines is 1. The van der Waals surface area contributed by atoms with E-state index in [-0.39, 0.29) is 16.8 Å². The van der Waals surface area contributed by atoms with Crippen molar-refractivity contribution in [1.29, 1.82) is 0 Å². The van der Waals surface area contributed by atoms with Gasteiger partial charge in [-0.2, -0.15) is 11.8 Å². The molecule has 0 aliphatic heterocycles. The van der Waals surface area contributed by atoms with Crippen LogP contribution in [0.1, 0.15) is 32.2 Å². The number of rotatable bonds is 3. The number of hydrogen-bond donors (Lipinski definition) is 1. The van der Waals surface area contributed by atoms with Gasteiger partial charge in [-0.05, 0) is 18.6 Å². The zero-order valence-corrected chi connectivity index (χ0v) is 11.2. The lowest BCUT2D eigenvalue weighted by Crippen LogP contribution is -2.39. The number of H-pyrrole nitrogens is 1. The van der Waals surface area contributed by atoms with E-state index in [1.165, 1.54) is 10.6 Å². The SMILES string of the molecule is CCSC1CCCC1n1c(=O)cc(Cl)[nH]c1=O. The van der Waals surface area contributed by atoms with Crippen LogP contribution in [0, 0.1) is 0 Å². The summed E-state index contributed by atoms with van der Waals surface area (Å²) in [5, 5.41) is 0.467.